The number of ketones is 1. The minimum Gasteiger partial charge on any atom is -0.321 e. The topological polar surface area (TPSA) is 50.6 Å². The van der Waals surface area contributed by atoms with E-state index in [1.165, 1.54) is 23.0 Å². The molecular weight excluding hydrogens is 324 g/mol. The summed E-state index contributed by atoms with van der Waals surface area (Å²) in [4.78, 5) is 25.4. The molecule has 26 heavy (non-hydrogen) atoms. The fourth-order valence-electron chi connectivity index (χ4n) is 3.31. The molecule has 4 nitrogen and oxygen atoms in total. The molecule has 0 spiro atoms. The highest BCUT2D eigenvalue weighted by atomic mass is 16.2. The molecule has 0 bridgehead atoms. The van der Waals surface area contributed by atoms with Gasteiger partial charge in [0, 0.05) is 17.7 Å². The molecule has 0 saturated carbocycles. The minimum absolute atomic E-state index is 0.00520. The van der Waals surface area contributed by atoms with Crippen LogP contribution in [0, 0.1) is 0 Å². The van der Waals surface area contributed by atoms with Crippen molar-refractivity contribution in [2.24, 2.45) is 0 Å². The molecule has 1 unspecified atom stereocenters. The van der Waals surface area contributed by atoms with Crippen molar-refractivity contribution in [3.63, 3.8) is 0 Å². The standard InChI is InChI=1S/C22H24N2O2/c1-16(22(26)23-21-10-6-9-20(15-21)17(2)25)24-13-11-19(12-14-24)18-7-4-3-5-8-18/h3-11,15-16H,12-14H2,1-2H3,(H,23,26)/p+1/t16-/m0/s1. The lowest BCUT2D eigenvalue weighted by Crippen LogP contribution is -3.17. The highest BCUT2D eigenvalue weighted by Gasteiger charge is 2.27. The number of quaternary nitrogens is 1. The van der Waals surface area contributed by atoms with Crippen LogP contribution in [0.1, 0.15) is 36.2 Å². The van der Waals surface area contributed by atoms with E-state index in [-0.39, 0.29) is 17.7 Å². The van der Waals surface area contributed by atoms with E-state index in [1.807, 2.05) is 19.1 Å². The van der Waals surface area contributed by atoms with Gasteiger partial charge in [-0.1, -0.05) is 42.5 Å². The highest BCUT2D eigenvalue weighted by molar-refractivity contribution is 5.98. The van der Waals surface area contributed by atoms with Gasteiger partial charge in [0.25, 0.3) is 5.91 Å². The summed E-state index contributed by atoms with van der Waals surface area (Å²) in [6.07, 6.45) is 3.21. The smallest absolute Gasteiger partial charge is 0.282 e. The van der Waals surface area contributed by atoms with Gasteiger partial charge >= 0.3 is 0 Å². The molecule has 4 heteroatoms. The number of anilines is 1. The van der Waals surface area contributed by atoms with Crippen LogP contribution < -0.4 is 10.2 Å². The van der Waals surface area contributed by atoms with E-state index in [1.54, 1.807) is 18.2 Å². The van der Waals surface area contributed by atoms with E-state index in [2.05, 4.69) is 35.7 Å². The summed E-state index contributed by atoms with van der Waals surface area (Å²) in [6.45, 7) is 5.26. The average molecular weight is 349 g/mol. The summed E-state index contributed by atoms with van der Waals surface area (Å²) < 4.78 is 0. The van der Waals surface area contributed by atoms with E-state index in [4.69, 9.17) is 0 Å². The molecule has 1 heterocycles. The van der Waals surface area contributed by atoms with Crippen LogP contribution in [0.3, 0.4) is 0 Å². The summed E-state index contributed by atoms with van der Waals surface area (Å²) >= 11 is 0. The van der Waals surface area contributed by atoms with Gasteiger partial charge in [0.1, 0.15) is 0 Å². The molecule has 2 aromatic rings. The Hall–Kier alpha value is -2.72. The Kier molecular flexibility index (Phi) is 5.64. The third-order valence-corrected chi connectivity index (χ3v) is 5.01. The second kappa shape index (κ2) is 8.11. The zero-order valence-electron chi connectivity index (χ0n) is 15.3. The number of carbonyl (C=O) groups is 2. The van der Waals surface area contributed by atoms with Crippen LogP contribution in [0.5, 0.6) is 0 Å². The monoisotopic (exact) mass is 349 g/mol. The summed E-state index contributed by atoms with van der Waals surface area (Å²) in [5.74, 6) is -0.0216. The lowest BCUT2D eigenvalue weighted by molar-refractivity contribution is -0.909. The maximum Gasteiger partial charge on any atom is 0.282 e. The summed E-state index contributed by atoms with van der Waals surface area (Å²) in [7, 11) is 0. The SMILES string of the molecule is CC(=O)c1cccc(NC(=O)[C@H](C)[NH+]2CC=C(c3ccccc3)CC2)c1. The fraction of sp³-hybridized carbons (Fsp3) is 0.273. The molecule has 2 aromatic carbocycles. The average Bonchev–Trinajstić information content (AvgIpc) is 2.68. The van der Waals surface area contributed by atoms with E-state index in [0.29, 0.717) is 11.3 Å². The molecule has 1 amide bonds. The maximum atomic E-state index is 12.6. The molecule has 0 fully saturated rings. The normalized spacial score (nSPS) is 17.9. The van der Waals surface area contributed by atoms with Crippen LogP contribution in [0.25, 0.3) is 5.57 Å². The van der Waals surface area contributed by atoms with Gasteiger partial charge in [0.15, 0.2) is 11.8 Å². The maximum absolute atomic E-state index is 12.6. The molecule has 134 valence electrons. The van der Waals surface area contributed by atoms with Crippen molar-refractivity contribution in [1.82, 2.24) is 0 Å². The molecule has 1 aliphatic heterocycles. The first kappa shape index (κ1) is 18.1. The van der Waals surface area contributed by atoms with Crippen molar-refractivity contribution in [3.05, 3.63) is 71.8 Å². The van der Waals surface area contributed by atoms with Crippen LogP contribution in [0.2, 0.25) is 0 Å². The first-order valence-electron chi connectivity index (χ1n) is 9.05. The summed E-state index contributed by atoms with van der Waals surface area (Å²) in [6, 6.07) is 17.3. The second-order valence-electron chi connectivity index (χ2n) is 6.81. The number of amides is 1. The van der Waals surface area contributed by atoms with Gasteiger partial charge < -0.3 is 10.2 Å². The number of Topliss-reactive ketones (excluding diaryl/α,β-unsaturated/α-hetero) is 1. The Morgan fingerprint density at radius 3 is 2.50 bits per heavy atom. The molecule has 2 N–H and O–H groups in total. The van der Waals surface area contributed by atoms with Crippen LogP contribution >= 0.6 is 0 Å². The predicted octanol–water partition coefficient (Wildman–Crippen LogP) is 2.59. The Labute approximate surface area is 154 Å². The largest absolute Gasteiger partial charge is 0.321 e. The number of rotatable bonds is 5. The van der Waals surface area contributed by atoms with E-state index >= 15 is 0 Å². The van der Waals surface area contributed by atoms with Crippen molar-refractivity contribution < 1.29 is 14.5 Å². The zero-order chi connectivity index (χ0) is 18.5. The quantitative estimate of drug-likeness (QED) is 0.815. The van der Waals surface area contributed by atoms with Gasteiger partial charge in [0.2, 0.25) is 0 Å². The lowest BCUT2D eigenvalue weighted by Gasteiger charge is -2.28. The first-order valence-corrected chi connectivity index (χ1v) is 9.05. The molecule has 0 aliphatic carbocycles. The number of benzene rings is 2. The number of hydrogen-bond acceptors (Lipinski definition) is 2. The Morgan fingerprint density at radius 2 is 1.85 bits per heavy atom. The Bertz CT molecular complexity index is 827. The van der Waals surface area contributed by atoms with Crippen molar-refractivity contribution in [3.8, 4) is 0 Å². The van der Waals surface area contributed by atoms with Gasteiger partial charge in [-0.2, -0.15) is 0 Å². The van der Waals surface area contributed by atoms with Gasteiger partial charge in [0.05, 0.1) is 13.1 Å². The minimum atomic E-state index is -0.149. The molecule has 3 rings (SSSR count). The van der Waals surface area contributed by atoms with Crippen molar-refractivity contribution in [2.75, 3.05) is 18.4 Å². The van der Waals surface area contributed by atoms with Gasteiger partial charge in [-0.25, -0.2) is 0 Å². The lowest BCUT2D eigenvalue weighted by atomic mass is 9.99. The molecule has 2 atom stereocenters. The molecule has 0 aromatic heterocycles. The number of nitrogens with one attached hydrogen (secondary N) is 2. The molecule has 0 saturated heterocycles. The Balaban J connectivity index is 1.62. The van der Waals surface area contributed by atoms with Crippen LogP contribution in [-0.4, -0.2) is 30.8 Å². The van der Waals surface area contributed by atoms with Crippen molar-refractivity contribution >= 4 is 23.0 Å². The summed E-state index contributed by atoms with van der Waals surface area (Å²) in [5.41, 5.74) is 3.91. The molecule has 0 radical (unpaired) electrons. The number of hydrogen-bond donors (Lipinski definition) is 2. The first-order chi connectivity index (χ1) is 12.5. The van der Waals surface area contributed by atoms with Gasteiger partial charge in [-0.05, 0) is 43.2 Å². The third kappa shape index (κ3) is 4.27. The predicted molar refractivity (Wildman–Crippen MR) is 104 cm³/mol. The second-order valence-corrected chi connectivity index (χ2v) is 6.81. The van der Waals surface area contributed by atoms with Crippen LogP contribution in [-0.2, 0) is 4.79 Å². The fourth-order valence-corrected chi connectivity index (χ4v) is 3.31. The van der Waals surface area contributed by atoms with Crippen molar-refractivity contribution in [2.45, 2.75) is 26.3 Å². The zero-order valence-corrected chi connectivity index (χ0v) is 15.3. The van der Waals surface area contributed by atoms with E-state index in [0.717, 1.165) is 19.5 Å². The molecule has 1 aliphatic rings. The van der Waals surface area contributed by atoms with E-state index in [9.17, 15) is 9.59 Å². The van der Waals surface area contributed by atoms with Gasteiger partial charge in [-0.3, -0.25) is 9.59 Å². The summed E-state index contributed by atoms with van der Waals surface area (Å²) in [5, 5.41) is 2.94. The van der Waals surface area contributed by atoms with Gasteiger partial charge in [-0.15, -0.1) is 0 Å². The third-order valence-electron chi connectivity index (χ3n) is 5.01. The Morgan fingerprint density at radius 1 is 1.08 bits per heavy atom. The molecular formula is C22H25N2O2+. The van der Waals surface area contributed by atoms with Crippen LogP contribution in [0.15, 0.2) is 60.7 Å². The van der Waals surface area contributed by atoms with Crippen LogP contribution in [0.4, 0.5) is 5.69 Å². The van der Waals surface area contributed by atoms with E-state index < -0.39 is 0 Å². The number of carbonyl (C=O) groups excluding carboxylic acids is 2. The highest BCUT2D eigenvalue weighted by Crippen LogP contribution is 2.18. The van der Waals surface area contributed by atoms with Crippen molar-refractivity contribution in [1.29, 1.82) is 0 Å².